The zero-order valence-electron chi connectivity index (χ0n) is 21.1. The van der Waals surface area contributed by atoms with Crippen LogP contribution in [0, 0.1) is 0 Å². The highest BCUT2D eigenvalue weighted by Gasteiger charge is 2.31. The number of hydrogen-bond donors (Lipinski definition) is 2. The van der Waals surface area contributed by atoms with Crippen molar-refractivity contribution in [3.63, 3.8) is 0 Å². The fraction of sp³-hybridized carbons (Fsp3) is 0.0741. The van der Waals surface area contributed by atoms with Crippen LogP contribution in [0.15, 0.2) is 101 Å². The monoisotopic (exact) mass is 583 g/mol. The maximum absolute atomic E-state index is 12.7. The molecule has 2 aromatic heterocycles. The number of methoxy groups -OCH3 is 1. The average molecular weight is 584 g/mol. The largest absolute Gasteiger partial charge is 0.573 e. The summed E-state index contributed by atoms with van der Waals surface area (Å²) in [4.78, 5) is 8.70. The molecule has 0 radical (unpaired) electrons. The van der Waals surface area contributed by atoms with Crippen molar-refractivity contribution in [3.05, 3.63) is 91.1 Å². The number of pyridine rings is 1. The van der Waals surface area contributed by atoms with E-state index in [1.165, 1.54) is 49.7 Å². The second-order valence-electron chi connectivity index (χ2n) is 8.41. The van der Waals surface area contributed by atoms with Crippen molar-refractivity contribution >= 4 is 27.2 Å². The van der Waals surface area contributed by atoms with Gasteiger partial charge in [-0.2, -0.15) is 4.98 Å². The molecule has 0 spiro atoms. The Bertz CT molecular complexity index is 1740. The molecule has 210 valence electrons. The number of nitrogens with zero attached hydrogens (tertiary/aromatic N) is 3. The Morgan fingerprint density at radius 2 is 1.49 bits per heavy atom. The van der Waals surface area contributed by atoms with Crippen molar-refractivity contribution < 1.29 is 35.6 Å². The van der Waals surface area contributed by atoms with E-state index in [1.54, 1.807) is 48.5 Å². The van der Waals surface area contributed by atoms with Crippen LogP contribution in [-0.2, 0) is 10.0 Å². The van der Waals surface area contributed by atoms with Gasteiger partial charge in [-0.1, -0.05) is 5.16 Å². The molecule has 14 heteroatoms. The summed E-state index contributed by atoms with van der Waals surface area (Å²) in [5.74, 6) is 1.07. The summed E-state index contributed by atoms with van der Waals surface area (Å²) in [6, 6.07) is 20.9. The van der Waals surface area contributed by atoms with Crippen LogP contribution in [0.2, 0.25) is 0 Å². The number of halogens is 3. The van der Waals surface area contributed by atoms with E-state index in [1.807, 2.05) is 0 Å². The lowest BCUT2D eigenvalue weighted by atomic mass is 10.2. The molecule has 0 aliphatic carbocycles. The lowest BCUT2D eigenvalue weighted by Gasteiger charge is -2.10. The first-order valence-electron chi connectivity index (χ1n) is 11.8. The lowest BCUT2D eigenvalue weighted by molar-refractivity contribution is -0.274. The first-order valence-corrected chi connectivity index (χ1v) is 13.3. The van der Waals surface area contributed by atoms with Crippen molar-refractivity contribution in [1.29, 1.82) is 0 Å². The first-order chi connectivity index (χ1) is 19.6. The first kappa shape index (κ1) is 27.5. The summed E-state index contributed by atoms with van der Waals surface area (Å²) in [7, 11) is -2.31. The Morgan fingerprint density at radius 3 is 2.15 bits per heavy atom. The van der Waals surface area contributed by atoms with Gasteiger partial charge in [-0.15, -0.1) is 13.2 Å². The number of benzene rings is 3. The Balaban J connectivity index is 1.26. The second-order valence-corrected chi connectivity index (χ2v) is 10.1. The van der Waals surface area contributed by atoms with Crippen molar-refractivity contribution in [2.45, 2.75) is 11.3 Å². The normalized spacial score (nSPS) is 11.6. The minimum Gasteiger partial charge on any atom is -0.497 e. The molecule has 10 nitrogen and oxygen atoms in total. The summed E-state index contributed by atoms with van der Waals surface area (Å²) in [6.07, 6.45) is -3.26. The SMILES string of the molecule is COc1ccc(S(=O)(=O)Nc2ccc(-c3nc(-c4ccnc(Nc5ccc(OC(F)(F)F)cc5)c4)no3)cc2)cc1. The van der Waals surface area contributed by atoms with Crippen LogP contribution in [0.1, 0.15) is 0 Å². The van der Waals surface area contributed by atoms with E-state index in [4.69, 9.17) is 9.26 Å². The maximum Gasteiger partial charge on any atom is 0.573 e. The second kappa shape index (κ2) is 11.2. The lowest BCUT2D eigenvalue weighted by Crippen LogP contribution is -2.16. The summed E-state index contributed by atoms with van der Waals surface area (Å²) in [5.41, 5.74) is 1.95. The molecule has 2 heterocycles. The van der Waals surface area contributed by atoms with Gasteiger partial charge in [0.2, 0.25) is 5.82 Å². The standard InChI is InChI=1S/C27H20F3N5O5S/c1-38-21-10-12-23(13-11-21)41(36,37)35-20-4-2-17(3-5-20)26-33-25(34-40-26)18-14-15-31-24(16-18)32-19-6-8-22(9-7-19)39-27(28,29)30/h2-16,35H,1H3,(H,31,32). The van der Waals surface area contributed by atoms with Gasteiger partial charge < -0.3 is 19.3 Å². The molecular formula is C27H20F3N5O5S. The van der Waals surface area contributed by atoms with Gasteiger partial charge in [0.1, 0.15) is 17.3 Å². The van der Waals surface area contributed by atoms with Crippen LogP contribution in [-0.4, -0.2) is 37.0 Å². The topological polar surface area (TPSA) is 128 Å². The zero-order valence-corrected chi connectivity index (χ0v) is 21.9. The van der Waals surface area contributed by atoms with Crippen molar-refractivity contribution in [1.82, 2.24) is 15.1 Å². The zero-order chi connectivity index (χ0) is 29.0. The van der Waals surface area contributed by atoms with Gasteiger partial charge in [-0.25, -0.2) is 13.4 Å². The number of alkyl halides is 3. The highest BCUT2D eigenvalue weighted by atomic mass is 32.2. The minimum absolute atomic E-state index is 0.0858. The average Bonchev–Trinajstić information content (AvgIpc) is 3.44. The molecule has 0 aliphatic heterocycles. The van der Waals surface area contributed by atoms with Gasteiger partial charge in [0.25, 0.3) is 15.9 Å². The maximum atomic E-state index is 12.7. The predicted molar refractivity (Wildman–Crippen MR) is 143 cm³/mol. The molecule has 0 bridgehead atoms. The van der Waals surface area contributed by atoms with E-state index in [2.05, 4.69) is 29.9 Å². The van der Waals surface area contributed by atoms with Crippen molar-refractivity contribution in [3.8, 4) is 34.3 Å². The third kappa shape index (κ3) is 6.91. The molecular weight excluding hydrogens is 563 g/mol. The summed E-state index contributed by atoms with van der Waals surface area (Å²) < 4.78 is 79.3. The molecule has 0 unspecified atom stereocenters. The number of aromatic nitrogens is 3. The number of anilines is 3. The fourth-order valence-corrected chi connectivity index (χ4v) is 4.69. The van der Waals surface area contributed by atoms with Gasteiger partial charge >= 0.3 is 6.36 Å². The molecule has 5 rings (SSSR count). The molecule has 2 N–H and O–H groups in total. The predicted octanol–water partition coefficient (Wildman–Crippen LogP) is 6.25. The van der Waals surface area contributed by atoms with Gasteiger partial charge in [0, 0.05) is 28.7 Å². The van der Waals surface area contributed by atoms with E-state index in [-0.39, 0.29) is 22.4 Å². The van der Waals surface area contributed by atoms with Gasteiger partial charge in [-0.05, 0) is 84.9 Å². The number of ether oxygens (including phenoxy) is 2. The van der Waals surface area contributed by atoms with Gasteiger partial charge in [0.15, 0.2) is 0 Å². The third-order valence-electron chi connectivity index (χ3n) is 5.56. The third-order valence-corrected chi connectivity index (χ3v) is 6.96. The van der Waals surface area contributed by atoms with Crippen LogP contribution in [0.3, 0.4) is 0 Å². The Morgan fingerprint density at radius 1 is 0.829 bits per heavy atom. The van der Waals surface area contributed by atoms with Gasteiger partial charge in [0.05, 0.1) is 12.0 Å². The number of nitrogens with one attached hydrogen (secondary N) is 2. The van der Waals surface area contributed by atoms with Crippen LogP contribution in [0.5, 0.6) is 11.5 Å². The summed E-state index contributed by atoms with van der Waals surface area (Å²) >= 11 is 0. The molecule has 3 aromatic carbocycles. The fourth-order valence-electron chi connectivity index (χ4n) is 3.63. The molecule has 0 fully saturated rings. The Kier molecular flexibility index (Phi) is 7.48. The smallest absolute Gasteiger partial charge is 0.497 e. The molecule has 0 atom stereocenters. The molecule has 0 saturated heterocycles. The van der Waals surface area contributed by atoms with E-state index in [0.29, 0.717) is 34.1 Å². The van der Waals surface area contributed by atoms with E-state index < -0.39 is 16.4 Å². The Hall–Kier alpha value is -5.11. The van der Waals surface area contributed by atoms with E-state index in [0.717, 1.165) is 0 Å². The highest BCUT2D eigenvalue weighted by molar-refractivity contribution is 7.92. The highest BCUT2D eigenvalue weighted by Crippen LogP contribution is 2.28. The van der Waals surface area contributed by atoms with E-state index >= 15 is 0 Å². The Labute approximate surface area is 231 Å². The van der Waals surface area contributed by atoms with Crippen molar-refractivity contribution in [2.75, 3.05) is 17.1 Å². The number of sulfonamides is 1. The molecule has 0 amide bonds. The van der Waals surface area contributed by atoms with Crippen LogP contribution in [0.4, 0.5) is 30.4 Å². The number of hydrogen-bond acceptors (Lipinski definition) is 9. The summed E-state index contributed by atoms with van der Waals surface area (Å²) in [6.45, 7) is 0. The molecule has 0 aliphatic rings. The number of rotatable bonds is 9. The van der Waals surface area contributed by atoms with E-state index in [9.17, 15) is 21.6 Å². The van der Waals surface area contributed by atoms with Gasteiger partial charge in [-0.3, -0.25) is 4.72 Å². The van der Waals surface area contributed by atoms with Crippen LogP contribution < -0.4 is 19.5 Å². The molecule has 0 saturated carbocycles. The van der Waals surface area contributed by atoms with Crippen LogP contribution in [0.25, 0.3) is 22.8 Å². The molecule has 5 aromatic rings. The minimum atomic E-state index is -4.77. The van der Waals surface area contributed by atoms with Crippen LogP contribution >= 0.6 is 0 Å². The van der Waals surface area contributed by atoms with Crippen molar-refractivity contribution in [2.24, 2.45) is 0 Å². The summed E-state index contributed by atoms with van der Waals surface area (Å²) in [5, 5.41) is 6.99. The quantitative estimate of drug-likeness (QED) is 0.207. The molecule has 41 heavy (non-hydrogen) atoms.